The van der Waals surface area contributed by atoms with E-state index in [1.165, 1.54) is 18.3 Å². The van der Waals surface area contributed by atoms with Crippen LogP contribution in [0.4, 0.5) is 8.78 Å². The lowest BCUT2D eigenvalue weighted by Gasteiger charge is -1.98. The highest BCUT2D eigenvalue weighted by atomic mass is 19.1. The van der Waals surface area contributed by atoms with Crippen LogP contribution >= 0.6 is 0 Å². The molecule has 1 radical (unpaired) electrons. The zero-order valence-electron chi connectivity index (χ0n) is 6.51. The number of aromatic nitrogens is 2. The summed E-state index contributed by atoms with van der Waals surface area (Å²) in [6.45, 7) is 0. The predicted molar refractivity (Wildman–Crippen MR) is 42.8 cm³/mol. The first-order chi connectivity index (χ1) is 6.27. The smallest absolute Gasteiger partial charge is 0.141 e. The van der Waals surface area contributed by atoms with Crippen LogP contribution in [0.1, 0.15) is 0 Å². The molecule has 1 N–H and O–H groups in total. The zero-order chi connectivity index (χ0) is 9.26. The average Bonchev–Trinajstić information content (AvgIpc) is 2.56. The monoisotopic (exact) mass is 179 g/mol. The van der Waals surface area contributed by atoms with Crippen LogP contribution in [0.3, 0.4) is 0 Å². The van der Waals surface area contributed by atoms with Crippen molar-refractivity contribution < 1.29 is 8.78 Å². The van der Waals surface area contributed by atoms with Crippen LogP contribution < -0.4 is 0 Å². The van der Waals surface area contributed by atoms with Crippen LogP contribution in [-0.2, 0) is 0 Å². The molecule has 0 unspecified atom stereocenters. The second-order valence-corrected chi connectivity index (χ2v) is 2.50. The van der Waals surface area contributed by atoms with Crippen LogP contribution in [0.25, 0.3) is 11.4 Å². The Labute approximate surface area is 73.2 Å². The van der Waals surface area contributed by atoms with Gasteiger partial charge in [0.2, 0.25) is 0 Å². The van der Waals surface area contributed by atoms with E-state index in [1.807, 2.05) is 0 Å². The second-order valence-electron chi connectivity index (χ2n) is 2.50. The first-order valence-corrected chi connectivity index (χ1v) is 3.64. The molecule has 0 spiro atoms. The van der Waals surface area contributed by atoms with E-state index >= 15 is 0 Å². The van der Waals surface area contributed by atoms with Gasteiger partial charge in [-0.1, -0.05) is 0 Å². The highest BCUT2D eigenvalue weighted by molar-refractivity contribution is 5.55. The first kappa shape index (κ1) is 7.91. The van der Waals surface area contributed by atoms with E-state index in [4.69, 9.17) is 0 Å². The van der Waals surface area contributed by atoms with Crippen LogP contribution in [0.2, 0.25) is 0 Å². The van der Waals surface area contributed by atoms with Gasteiger partial charge in [0.25, 0.3) is 0 Å². The third-order valence-corrected chi connectivity index (χ3v) is 1.64. The molecule has 1 aromatic heterocycles. The van der Waals surface area contributed by atoms with E-state index in [2.05, 4.69) is 16.2 Å². The van der Waals surface area contributed by atoms with Gasteiger partial charge in [-0.3, -0.25) is 0 Å². The summed E-state index contributed by atoms with van der Waals surface area (Å²) in [5, 5.41) is 0. The fraction of sp³-hybridized carbons (Fsp3) is 0. The molecule has 0 aliphatic heterocycles. The number of halogens is 2. The summed E-state index contributed by atoms with van der Waals surface area (Å²) in [7, 11) is 0. The van der Waals surface area contributed by atoms with Gasteiger partial charge in [-0.2, -0.15) is 0 Å². The summed E-state index contributed by atoms with van der Waals surface area (Å²) in [6, 6.07) is 3.33. The van der Waals surface area contributed by atoms with Crippen LogP contribution in [-0.4, -0.2) is 9.97 Å². The van der Waals surface area contributed by atoms with Crippen LogP contribution in [0.15, 0.2) is 24.4 Å². The van der Waals surface area contributed by atoms with Gasteiger partial charge in [-0.25, -0.2) is 13.8 Å². The summed E-state index contributed by atoms with van der Waals surface area (Å²) in [6.07, 6.45) is 3.96. The fourth-order valence-corrected chi connectivity index (χ4v) is 1.05. The third kappa shape index (κ3) is 1.42. The number of rotatable bonds is 1. The quantitative estimate of drug-likeness (QED) is 0.713. The minimum atomic E-state index is -0.636. The van der Waals surface area contributed by atoms with Gasteiger partial charge < -0.3 is 4.98 Å². The topological polar surface area (TPSA) is 28.7 Å². The normalized spacial score (nSPS) is 10.3. The van der Waals surface area contributed by atoms with E-state index in [0.717, 1.165) is 6.07 Å². The van der Waals surface area contributed by atoms with E-state index in [1.54, 1.807) is 0 Å². The summed E-state index contributed by atoms with van der Waals surface area (Å²) < 4.78 is 25.6. The Morgan fingerprint density at radius 1 is 1.31 bits per heavy atom. The average molecular weight is 179 g/mol. The maximum atomic E-state index is 13.1. The Balaban J connectivity index is 2.53. The molecule has 0 amide bonds. The van der Waals surface area contributed by atoms with Crippen molar-refractivity contribution in [2.75, 3.05) is 0 Å². The summed E-state index contributed by atoms with van der Waals surface area (Å²) in [5.41, 5.74) is 0.239. The molecule has 0 saturated carbocycles. The number of H-pyrrole nitrogens is 1. The highest BCUT2D eigenvalue weighted by Crippen LogP contribution is 2.18. The third-order valence-electron chi connectivity index (χ3n) is 1.64. The molecule has 2 rings (SSSR count). The number of nitrogens with zero attached hydrogens (tertiary/aromatic N) is 1. The summed E-state index contributed by atoms with van der Waals surface area (Å²) in [4.78, 5) is 6.42. The van der Waals surface area contributed by atoms with Gasteiger partial charge in [-0.15, -0.1) is 0 Å². The minimum absolute atomic E-state index is 0.239. The number of benzene rings is 1. The maximum absolute atomic E-state index is 13.1. The Kier molecular flexibility index (Phi) is 1.81. The Hall–Kier alpha value is -1.71. The molecule has 0 aliphatic carbocycles. The molecule has 65 valence electrons. The predicted octanol–water partition coefficient (Wildman–Crippen LogP) is 2.16. The number of nitrogens with one attached hydrogen (secondary N) is 1. The molecular formula is C9H5F2N2. The first-order valence-electron chi connectivity index (χ1n) is 3.64. The number of hydrogen-bond donors (Lipinski definition) is 1. The van der Waals surface area contributed by atoms with Gasteiger partial charge in [0.15, 0.2) is 0 Å². The molecule has 1 aromatic carbocycles. The standard InChI is InChI=1S/C9H5F2N2/c10-6-1-2-7(8(11)5-6)9-12-3-4-13-9/h1-3,5H,(H,12,13). The van der Waals surface area contributed by atoms with Crippen molar-refractivity contribution in [2.45, 2.75) is 0 Å². The minimum Gasteiger partial charge on any atom is -0.344 e. The maximum Gasteiger partial charge on any atom is 0.141 e. The molecule has 13 heavy (non-hydrogen) atoms. The van der Waals surface area contributed by atoms with E-state index in [0.29, 0.717) is 5.82 Å². The van der Waals surface area contributed by atoms with Gasteiger partial charge in [0.05, 0.1) is 5.56 Å². The fourth-order valence-electron chi connectivity index (χ4n) is 1.05. The molecule has 0 saturated heterocycles. The SMILES string of the molecule is Fc1ccc(-c2n[c]c[nH]2)c(F)c1. The highest BCUT2D eigenvalue weighted by Gasteiger charge is 2.07. The molecule has 0 bridgehead atoms. The van der Waals surface area contributed by atoms with Gasteiger partial charge in [0, 0.05) is 12.3 Å². The molecule has 0 atom stereocenters. The summed E-state index contributed by atoms with van der Waals surface area (Å²) in [5.74, 6) is -0.891. The van der Waals surface area contributed by atoms with E-state index < -0.39 is 11.6 Å². The van der Waals surface area contributed by atoms with Crippen LogP contribution in [0.5, 0.6) is 0 Å². The molecule has 4 heteroatoms. The number of hydrogen-bond acceptors (Lipinski definition) is 1. The summed E-state index contributed by atoms with van der Waals surface area (Å²) >= 11 is 0. The van der Waals surface area contributed by atoms with Crippen LogP contribution in [0, 0.1) is 17.8 Å². The van der Waals surface area contributed by atoms with Crippen molar-refractivity contribution in [3.63, 3.8) is 0 Å². The second kappa shape index (κ2) is 2.97. The molecule has 0 fully saturated rings. The Morgan fingerprint density at radius 2 is 2.15 bits per heavy atom. The molecule has 0 aliphatic rings. The van der Waals surface area contributed by atoms with Gasteiger partial charge >= 0.3 is 0 Å². The lowest BCUT2D eigenvalue weighted by atomic mass is 10.2. The van der Waals surface area contributed by atoms with Crippen molar-refractivity contribution in [1.29, 1.82) is 0 Å². The lowest BCUT2D eigenvalue weighted by molar-refractivity contribution is 0.585. The van der Waals surface area contributed by atoms with E-state index in [9.17, 15) is 8.78 Å². The van der Waals surface area contributed by atoms with Crippen molar-refractivity contribution in [3.05, 3.63) is 42.2 Å². The lowest BCUT2D eigenvalue weighted by Crippen LogP contribution is -1.87. The van der Waals surface area contributed by atoms with Gasteiger partial charge in [-0.05, 0) is 12.1 Å². The molecule has 2 nitrogen and oxygen atoms in total. The Morgan fingerprint density at radius 3 is 2.77 bits per heavy atom. The molecular weight excluding hydrogens is 174 g/mol. The number of aromatic amines is 1. The van der Waals surface area contributed by atoms with Gasteiger partial charge in [0.1, 0.15) is 23.7 Å². The van der Waals surface area contributed by atoms with Crippen molar-refractivity contribution >= 4 is 0 Å². The Bertz CT molecular complexity index is 410. The van der Waals surface area contributed by atoms with Crippen molar-refractivity contribution in [2.24, 2.45) is 0 Å². The molecule has 2 aromatic rings. The molecule has 1 heterocycles. The van der Waals surface area contributed by atoms with Crippen molar-refractivity contribution in [1.82, 2.24) is 9.97 Å². The largest absolute Gasteiger partial charge is 0.344 e. The van der Waals surface area contributed by atoms with Crippen molar-refractivity contribution in [3.8, 4) is 11.4 Å². The van der Waals surface area contributed by atoms with E-state index in [-0.39, 0.29) is 5.56 Å². The number of imidazole rings is 1. The zero-order valence-corrected chi connectivity index (χ0v) is 6.51.